The lowest BCUT2D eigenvalue weighted by molar-refractivity contribution is 0.0913. The molecule has 114 valence electrons. The van der Waals surface area contributed by atoms with E-state index < -0.39 is 10.0 Å². The summed E-state index contributed by atoms with van der Waals surface area (Å²) in [5.74, 6) is -0.0418. The zero-order valence-electron chi connectivity index (χ0n) is 12.5. The summed E-state index contributed by atoms with van der Waals surface area (Å²) in [6, 6.07) is 7.58. The molecule has 0 saturated heterocycles. The first-order chi connectivity index (χ1) is 9.34. The van der Waals surface area contributed by atoms with E-state index in [1.165, 1.54) is 0 Å². The third-order valence-electron chi connectivity index (χ3n) is 2.92. The van der Waals surface area contributed by atoms with E-state index in [0.29, 0.717) is 5.69 Å². The molecule has 6 heteroatoms. The van der Waals surface area contributed by atoms with Crippen LogP contribution >= 0.6 is 0 Å². The van der Waals surface area contributed by atoms with Gasteiger partial charge in [-0.25, -0.2) is 8.42 Å². The number of nitrogens with one attached hydrogen (secondary N) is 2. The fourth-order valence-corrected chi connectivity index (χ4v) is 2.54. The van der Waals surface area contributed by atoms with Crippen molar-refractivity contribution < 1.29 is 13.2 Å². The van der Waals surface area contributed by atoms with E-state index in [2.05, 4.69) is 10.0 Å². The van der Waals surface area contributed by atoms with Gasteiger partial charge in [0.1, 0.15) is 0 Å². The maximum Gasteiger partial charge on any atom is 0.234 e. The molecule has 1 unspecified atom stereocenters. The number of anilines is 1. The van der Waals surface area contributed by atoms with Gasteiger partial charge in [-0.05, 0) is 45.5 Å². The molecule has 1 atom stereocenters. The quantitative estimate of drug-likeness (QED) is 0.772. The minimum absolute atomic E-state index is 0.0347. The minimum atomic E-state index is -3.36. The first-order valence-electron chi connectivity index (χ1n) is 6.73. The molecule has 0 aliphatic carbocycles. The normalized spacial score (nSPS) is 13.4. The summed E-state index contributed by atoms with van der Waals surface area (Å²) < 4.78 is 31.5. The van der Waals surface area contributed by atoms with Gasteiger partial charge in [-0.2, -0.15) is 0 Å². The lowest BCUT2D eigenvalue weighted by Crippen LogP contribution is -2.21. The standard InChI is InChI=1S/C14H24N2O3S/c1-11(2)19-9-10-20(17,18)16-14-7-5-13(6-8-14)12(3)15-4/h5-8,11-12,15-16H,9-10H2,1-4H3. The molecule has 0 aromatic heterocycles. The monoisotopic (exact) mass is 300 g/mol. The Balaban J connectivity index is 2.59. The number of hydrogen-bond acceptors (Lipinski definition) is 4. The lowest BCUT2D eigenvalue weighted by atomic mass is 10.1. The first-order valence-corrected chi connectivity index (χ1v) is 8.38. The van der Waals surface area contributed by atoms with Crippen LogP contribution in [0.2, 0.25) is 0 Å². The Labute approximate surface area is 121 Å². The fraction of sp³-hybridized carbons (Fsp3) is 0.571. The maximum absolute atomic E-state index is 11.9. The van der Waals surface area contributed by atoms with Crippen molar-refractivity contribution in [3.63, 3.8) is 0 Å². The topological polar surface area (TPSA) is 67.4 Å². The van der Waals surface area contributed by atoms with Gasteiger partial charge in [-0.15, -0.1) is 0 Å². The van der Waals surface area contributed by atoms with Crippen LogP contribution < -0.4 is 10.0 Å². The molecule has 0 heterocycles. The van der Waals surface area contributed by atoms with E-state index in [-0.39, 0.29) is 24.5 Å². The van der Waals surface area contributed by atoms with Gasteiger partial charge in [0.25, 0.3) is 0 Å². The Hall–Kier alpha value is -1.11. The van der Waals surface area contributed by atoms with Gasteiger partial charge in [0.2, 0.25) is 10.0 Å². The lowest BCUT2D eigenvalue weighted by Gasteiger charge is -2.13. The van der Waals surface area contributed by atoms with E-state index >= 15 is 0 Å². The van der Waals surface area contributed by atoms with E-state index in [9.17, 15) is 8.42 Å². The molecular weight excluding hydrogens is 276 g/mol. The molecule has 0 bridgehead atoms. The molecule has 2 N–H and O–H groups in total. The van der Waals surface area contributed by atoms with Crippen LogP contribution in [0.4, 0.5) is 5.69 Å². The van der Waals surface area contributed by atoms with Crippen molar-refractivity contribution in [2.45, 2.75) is 32.9 Å². The van der Waals surface area contributed by atoms with Crippen LogP contribution in [0.5, 0.6) is 0 Å². The number of ether oxygens (including phenoxy) is 1. The average molecular weight is 300 g/mol. The van der Waals surface area contributed by atoms with Crippen molar-refractivity contribution in [3.05, 3.63) is 29.8 Å². The summed E-state index contributed by atoms with van der Waals surface area (Å²) in [4.78, 5) is 0. The number of benzene rings is 1. The van der Waals surface area contributed by atoms with E-state index in [0.717, 1.165) is 5.56 Å². The van der Waals surface area contributed by atoms with Gasteiger partial charge in [0, 0.05) is 11.7 Å². The molecule has 0 fully saturated rings. The van der Waals surface area contributed by atoms with Gasteiger partial charge in [-0.1, -0.05) is 12.1 Å². The third-order valence-corrected chi connectivity index (χ3v) is 4.17. The summed E-state index contributed by atoms with van der Waals surface area (Å²) in [5, 5.41) is 3.13. The molecule has 1 rings (SSSR count). The third kappa shape index (κ3) is 5.90. The van der Waals surface area contributed by atoms with Crippen LogP contribution in [0.3, 0.4) is 0 Å². The molecule has 0 spiro atoms. The largest absolute Gasteiger partial charge is 0.378 e. The smallest absolute Gasteiger partial charge is 0.234 e. The van der Waals surface area contributed by atoms with Crippen LogP contribution in [0, 0.1) is 0 Å². The van der Waals surface area contributed by atoms with Crippen molar-refractivity contribution in [1.82, 2.24) is 5.32 Å². The summed E-state index contributed by atoms with van der Waals surface area (Å²) in [5.41, 5.74) is 1.68. The highest BCUT2D eigenvalue weighted by molar-refractivity contribution is 7.92. The van der Waals surface area contributed by atoms with Crippen molar-refractivity contribution in [2.24, 2.45) is 0 Å². The molecule has 1 aromatic carbocycles. The molecule has 0 radical (unpaired) electrons. The Kier molecular flexibility index (Phi) is 6.45. The predicted molar refractivity (Wildman–Crippen MR) is 82.4 cm³/mol. The molecular formula is C14H24N2O3S. The van der Waals surface area contributed by atoms with Crippen molar-refractivity contribution in [1.29, 1.82) is 0 Å². The van der Waals surface area contributed by atoms with E-state index in [1.807, 2.05) is 40.0 Å². The van der Waals surface area contributed by atoms with Gasteiger partial charge in [0.15, 0.2) is 0 Å². The fourth-order valence-electron chi connectivity index (χ4n) is 1.63. The number of rotatable bonds is 8. The summed E-state index contributed by atoms with van der Waals surface area (Å²) in [6.45, 7) is 5.99. The Morgan fingerprint density at radius 2 is 1.75 bits per heavy atom. The van der Waals surface area contributed by atoms with E-state index in [4.69, 9.17) is 4.74 Å². The first kappa shape index (κ1) is 16.9. The minimum Gasteiger partial charge on any atom is -0.378 e. The van der Waals surface area contributed by atoms with Crippen LogP contribution in [-0.2, 0) is 14.8 Å². The second kappa shape index (κ2) is 7.61. The SMILES string of the molecule is CNC(C)c1ccc(NS(=O)(=O)CCOC(C)C)cc1. The number of sulfonamides is 1. The van der Waals surface area contributed by atoms with Crippen molar-refractivity contribution in [3.8, 4) is 0 Å². The molecule has 0 aliphatic rings. The summed E-state index contributed by atoms with van der Waals surface area (Å²) in [7, 11) is -1.47. The van der Waals surface area contributed by atoms with Gasteiger partial charge in [0.05, 0.1) is 18.5 Å². The maximum atomic E-state index is 11.9. The highest BCUT2D eigenvalue weighted by Crippen LogP contribution is 2.16. The molecule has 20 heavy (non-hydrogen) atoms. The van der Waals surface area contributed by atoms with Crippen molar-refractivity contribution in [2.75, 3.05) is 24.1 Å². The molecule has 0 saturated carbocycles. The zero-order valence-corrected chi connectivity index (χ0v) is 13.3. The van der Waals surface area contributed by atoms with Gasteiger partial charge in [-0.3, -0.25) is 4.72 Å². The van der Waals surface area contributed by atoms with Gasteiger partial charge >= 0.3 is 0 Å². The van der Waals surface area contributed by atoms with Crippen LogP contribution in [0.15, 0.2) is 24.3 Å². The average Bonchev–Trinajstić information content (AvgIpc) is 2.37. The second-order valence-corrected chi connectivity index (χ2v) is 6.81. The second-order valence-electron chi connectivity index (χ2n) is 4.97. The summed E-state index contributed by atoms with van der Waals surface area (Å²) >= 11 is 0. The van der Waals surface area contributed by atoms with Crippen LogP contribution in [-0.4, -0.2) is 33.9 Å². The molecule has 0 amide bonds. The van der Waals surface area contributed by atoms with Crippen molar-refractivity contribution >= 4 is 15.7 Å². The zero-order chi connectivity index (χ0) is 15.2. The Bertz CT molecular complexity index is 498. The number of hydrogen-bond donors (Lipinski definition) is 2. The van der Waals surface area contributed by atoms with Crippen LogP contribution in [0.25, 0.3) is 0 Å². The molecule has 5 nitrogen and oxygen atoms in total. The highest BCUT2D eigenvalue weighted by atomic mass is 32.2. The van der Waals surface area contributed by atoms with E-state index in [1.54, 1.807) is 12.1 Å². The Morgan fingerprint density at radius 3 is 2.25 bits per heavy atom. The van der Waals surface area contributed by atoms with Gasteiger partial charge < -0.3 is 10.1 Å². The Morgan fingerprint density at radius 1 is 1.15 bits per heavy atom. The van der Waals surface area contributed by atoms with Crippen LogP contribution in [0.1, 0.15) is 32.4 Å². The molecule has 1 aromatic rings. The summed E-state index contributed by atoms with van der Waals surface area (Å²) in [6.07, 6.45) is 0.0347. The predicted octanol–water partition coefficient (Wildman–Crippen LogP) is 2.13. The highest BCUT2D eigenvalue weighted by Gasteiger charge is 2.11. The molecule has 0 aliphatic heterocycles.